The monoisotopic (exact) mass is 277 g/mol. The topological polar surface area (TPSA) is 113 Å². The highest BCUT2D eigenvalue weighted by molar-refractivity contribution is 5.77. The Kier molecular flexibility index (Phi) is 4.48. The van der Waals surface area contributed by atoms with E-state index in [0.717, 1.165) is 13.0 Å². The van der Waals surface area contributed by atoms with Gasteiger partial charge in [-0.3, -0.25) is 14.6 Å². The molecule has 0 aliphatic heterocycles. The maximum Gasteiger partial charge on any atom is 0.325 e. The largest absolute Gasteiger partial charge is 0.356 e. The lowest BCUT2D eigenvalue weighted by atomic mass is 10.3. The molecule has 0 bridgehead atoms. The van der Waals surface area contributed by atoms with E-state index in [-0.39, 0.29) is 12.3 Å². The van der Waals surface area contributed by atoms with E-state index in [1.807, 2.05) is 15.7 Å². The van der Waals surface area contributed by atoms with Crippen LogP contribution in [0.3, 0.4) is 0 Å². The summed E-state index contributed by atoms with van der Waals surface area (Å²) in [6, 6.07) is 1.20. The zero-order chi connectivity index (χ0) is 14.4. The Morgan fingerprint density at radius 3 is 2.90 bits per heavy atom. The lowest BCUT2D eigenvalue weighted by molar-refractivity contribution is -0.120. The summed E-state index contributed by atoms with van der Waals surface area (Å²) in [4.78, 5) is 42.1. The first-order chi connectivity index (χ1) is 9.63. The van der Waals surface area contributed by atoms with E-state index in [1.165, 1.54) is 6.07 Å². The molecule has 106 valence electrons. The molecule has 0 saturated heterocycles. The summed E-state index contributed by atoms with van der Waals surface area (Å²) in [5, 5.41) is 2.73. The van der Waals surface area contributed by atoms with Crippen molar-refractivity contribution in [2.45, 2.75) is 19.4 Å². The summed E-state index contributed by atoms with van der Waals surface area (Å²) < 4.78 is 1.92. The maximum absolute atomic E-state index is 11.6. The number of aryl methyl sites for hydroxylation is 1. The van der Waals surface area contributed by atoms with Gasteiger partial charge in [-0.1, -0.05) is 0 Å². The Morgan fingerprint density at radius 1 is 1.35 bits per heavy atom. The molecule has 0 radical (unpaired) electrons. The highest BCUT2D eigenvalue weighted by Gasteiger charge is 2.04. The minimum Gasteiger partial charge on any atom is -0.356 e. The molecule has 3 N–H and O–H groups in total. The fourth-order valence-corrected chi connectivity index (χ4v) is 1.76. The van der Waals surface area contributed by atoms with Crippen LogP contribution in [0.4, 0.5) is 0 Å². The quantitative estimate of drug-likeness (QED) is 0.588. The van der Waals surface area contributed by atoms with Crippen LogP contribution in [0.15, 0.2) is 34.4 Å². The molecule has 2 rings (SSSR count). The molecule has 0 fully saturated rings. The fraction of sp³-hybridized carbons (Fsp3) is 0.333. The van der Waals surface area contributed by atoms with Gasteiger partial charge in [0.1, 0.15) is 0 Å². The number of aromatic amines is 2. The lowest BCUT2D eigenvalue weighted by Crippen LogP contribution is -2.30. The minimum atomic E-state index is -0.611. The Morgan fingerprint density at radius 2 is 2.20 bits per heavy atom. The van der Waals surface area contributed by atoms with Crippen LogP contribution in [-0.4, -0.2) is 32.0 Å². The third-order valence-corrected chi connectivity index (χ3v) is 2.64. The summed E-state index contributed by atoms with van der Waals surface area (Å²) >= 11 is 0. The van der Waals surface area contributed by atoms with Crippen molar-refractivity contribution < 1.29 is 4.79 Å². The molecule has 2 aromatic rings. The van der Waals surface area contributed by atoms with Crippen LogP contribution in [0.2, 0.25) is 0 Å². The van der Waals surface area contributed by atoms with Gasteiger partial charge in [0.15, 0.2) is 0 Å². The first kappa shape index (κ1) is 13.8. The third kappa shape index (κ3) is 4.23. The normalized spacial score (nSPS) is 10.4. The van der Waals surface area contributed by atoms with E-state index >= 15 is 0 Å². The average molecular weight is 277 g/mol. The number of H-pyrrole nitrogens is 2. The molecular formula is C12H15N5O3. The van der Waals surface area contributed by atoms with E-state index in [9.17, 15) is 14.4 Å². The first-order valence-corrected chi connectivity index (χ1v) is 6.18. The van der Waals surface area contributed by atoms with Gasteiger partial charge in [-0.15, -0.1) is 0 Å². The predicted molar refractivity (Wildman–Crippen MR) is 71.2 cm³/mol. The van der Waals surface area contributed by atoms with E-state index in [4.69, 9.17) is 0 Å². The SMILES string of the molecule is O=C(Cc1cc(=O)[nH]c(=O)[nH]1)NCCCn1ccnc1. The van der Waals surface area contributed by atoms with Gasteiger partial charge in [0.2, 0.25) is 5.91 Å². The molecule has 0 saturated carbocycles. The van der Waals surface area contributed by atoms with E-state index in [0.29, 0.717) is 12.2 Å². The second kappa shape index (κ2) is 6.50. The number of amides is 1. The number of carbonyl (C=O) groups is 1. The molecule has 0 aliphatic rings. The van der Waals surface area contributed by atoms with Crippen molar-refractivity contribution in [2.24, 2.45) is 0 Å². The van der Waals surface area contributed by atoms with Gasteiger partial charge in [0.05, 0.1) is 12.7 Å². The Balaban J connectivity index is 1.75. The Labute approximate surface area is 113 Å². The highest BCUT2D eigenvalue weighted by atomic mass is 16.2. The fourth-order valence-electron chi connectivity index (χ4n) is 1.76. The van der Waals surface area contributed by atoms with Gasteiger partial charge in [-0.05, 0) is 6.42 Å². The smallest absolute Gasteiger partial charge is 0.325 e. The lowest BCUT2D eigenvalue weighted by Gasteiger charge is -2.05. The van der Waals surface area contributed by atoms with Crippen LogP contribution in [0.25, 0.3) is 0 Å². The van der Waals surface area contributed by atoms with Crippen molar-refractivity contribution in [3.8, 4) is 0 Å². The first-order valence-electron chi connectivity index (χ1n) is 6.18. The highest BCUT2D eigenvalue weighted by Crippen LogP contribution is 1.91. The van der Waals surface area contributed by atoms with Crippen LogP contribution >= 0.6 is 0 Å². The van der Waals surface area contributed by atoms with Crippen LogP contribution in [0.1, 0.15) is 12.1 Å². The molecule has 20 heavy (non-hydrogen) atoms. The van der Waals surface area contributed by atoms with Crippen molar-refractivity contribution in [1.82, 2.24) is 24.8 Å². The second-order valence-corrected chi connectivity index (χ2v) is 4.29. The zero-order valence-corrected chi connectivity index (χ0v) is 10.8. The predicted octanol–water partition coefficient (Wildman–Crippen LogP) is -0.991. The maximum atomic E-state index is 11.6. The van der Waals surface area contributed by atoms with Crippen LogP contribution in [0, 0.1) is 0 Å². The average Bonchev–Trinajstić information content (AvgIpc) is 2.86. The van der Waals surface area contributed by atoms with E-state index in [2.05, 4.69) is 15.3 Å². The number of rotatable bonds is 6. The third-order valence-electron chi connectivity index (χ3n) is 2.64. The molecule has 0 spiro atoms. The number of nitrogens with zero attached hydrogens (tertiary/aromatic N) is 2. The number of hydrogen-bond acceptors (Lipinski definition) is 4. The summed E-state index contributed by atoms with van der Waals surface area (Å²) in [5.74, 6) is -0.239. The van der Waals surface area contributed by atoms with Crippen molar-refractivity contribution >= 4 is 5.91 Å². The second-order valence-electron chi connectivity index (χ2n) is 4.29. The van der Waals surface area contributed by atoms with Gasteiger partial charge in [-0.2, -0.15) is 0 Å². The standard InChI is InChI=1S/C12H15N5O3/c18-10(6-9-7-11(19)16-12(20)15-9)14-2-1-4-17-5-3-13-8-17/h3,5,7-8H,1-2,4,6H2,(H,14,18)(H2,15,16,19,20). The Hall–Kier alpha value is -2.64. The number of hydrogen-bond donors (Lipinski definition) is 3. The summed E-state index contributed by atoms with van der Waals surface area (Å²) in [7, 11) is 0. The van der Waals surface area contributed by atoms with Gasteiger partial charge in [0, 0.05) is 37.2 Å². The molecule has 1 amide bonds. The van der Waals surface area contributed by atoms with Crippen LogP contribution < -0.4 is 16.6 Å². The number of nitrogens with one attached hydrogen (secondary N) is 3. The molecule has 0 aromatic carbocycles. The molecular weight excluding hydrogens is 262 g/mol. The molecule has 8 heteroatoms. The van der Waals surface area contributed by atoms with Crippen LogP contribution in [0.5, 0.6) is 0 Å². The zero-order valence-electron chi connectivity index (χ0n) is 10.8. The molecule has 0 atom stereocenters. The van der Waals surface area contributed by atoms with E-state index in [1.54, 1.807) is 12.5 Å². The van der Waals surface area contributed by atoms with E-state index < -0.39 is 11.2 Å². The molecule has 2 heterocycles. The van der Waals surface area contributed by atoms with Crippen LogP contribution in [-0.2, 0) is 17.8 Å². The van der Waals surface area contributed by atoms with Crippen molar-refractivity contribution in [3.05, 3.63) is 51.3 Å². The van der Waals surface area contributed by atoms with Gasteiger partial charge < -0.3 is 14.9 Å². The minimum absolute atomic E-state index is 0.0236. The van der Waals surface area contributed by atoms with Gasteiger partial charge in [0.25, 0.3) is 5.56 Å². The van der Waals surface area contributed by atoms with Crippen molar-refractivity contribution in [3.63, 3.8) is 0 Å². The van der Waals surface area contributed by atoms with Crippen molar-refractivity contribution in [2.75, 3.05) is 6.54 Å². The van der Waals surface area contributed by atoms with Gasteiger partial charge >= 0.3 is 5.69 Å². The number of carbonyl (C=O) groups excluding carboxylic acids is 1. The molecule has 2 aromatic heterocycles. The number of aromatic nitrogens is 4. The molecule has 8 nitrogen and oxygen atoms in total. The van der Waals surface area contributed by atoms with Gasteiger partial charge in [-0.25, -0.2) is 9.78 Å². The molecule has 0 unspecified atom stereocenters. The molecule has 0 aliphatic carbocycles. The Bertz CT molecular complexity index is 643. The summed E-state index contributed by atoms with van der Waals surface area (Å²) in [5.41, 5.74) is -0.831. The van der Waals surface area contributed by atoms with Crippen molar-refractivity contribution in [1.29, 1.82) is 0 Å². The summed E-state index contributed by atoms with van der Waals surface area (Å²) in [6.07, 6.45) is 6.01. The summed E-state index contributed by atoms with van der Waals surface area (Å²) in [6.45, 7) is 1.28. The number of imidazole rings is 1.